The molecule has 0 radical (unpaired) electrons. The van der Waals surface area contributed by atoms with Gasteiger partial charge in [-0.1, -0.05) is 19.8 Å². The lowest BCUT2D eigenvalue weighted by atomic mass is 9.71. The molecule has 1 fully saturated rings. The van der Waals surface area contributed by atoms with E-state index in [-0.39, 0.29) is 5.54 Å². The molecule has 3 unspecified atom stereocenters. The summed E-state index contributed by atoms with van der Waals surface area (Å²) in [6.07, 6.45) is 0.915. The molecule has 1 heterocycles. The van der Waals surface area contributed by atoms with Crippen LogP contribution in [-0.2, 0) is 6.18 Å². The standard InChI is InChI=1S/C14H22F3N3S/c1-9-5-4-6-13(7-9,20(2)3)11(18)10-8-19-12(21-10)14(15,16)17/h8-9,11H,4-7,18H2,1-3H3. The highest BCUT2D eigenvalue weighted by Gasteiger charge is 2.44. The molecule has 1 aromatic rings. The van der Waals surface area contributed by atoms with E-state index in [9.17, 15) is 13.2 Å². The van der Waals surface area contributed by atoms with Crippen LogP contribution in [0.1, 0.15) is 48.5 Å². The number of hydrogen-bond acceptors (Lipinski definition) is 4. The molecule has 1 aromatic heterocycles. The van der Waals surface area contributed by atoms with Crippen LogP contribution in [0.3, 0.4) is 0 Å². The molecule has 0 saturated heterocycles. The molecule has 2 N–H and O–H groups in total. The zero-order valence-corrected chi connectivity index (χ0v) is 13.4. The fourth-order valence-electron chi connectivity index (χ4n) is 3.36. The van der Waals surface area contributed by atoms with Gasteiger partial charge in [0.25, 0.3) is 0 Å². The molecule has 1 saturated carbocycles. The van der Waals surface area contributed by atoms with E-state index < -0.39 is 17.2 Å². The maximum absolute atomic E-state index is 12.7. The van der Waals surface area contributed by atoms with Gasteiger partial charge in [-0.3, -0.25) is 0 Å². The fourth-order valence-corrected chi connectivity index (χ4v) is 4.25. The van der Waals surface area contributed by atoms with Crippen LogP contribution >= 0.6 is 11.3 Å². The van der Waals surface area contributed by atoms with E-state index in [0.717, 1.165) is 25.7 Å². The Morgan fingerprint density at radius 1 is 1.48 bits per heavy atom. The van der Waals surface area contributed by atoms with Crippen molar-refractivity contribution in [1.29, 1.82) is 0 Å². The zero-order chi connectivity index (χ0) is 15.8. The lowest BCUT2D eigenvalue weighted by Gasteiger charge is -2.48. The highest BCUT2D eigenvalue weighted by molar-refractivity contribution is 7.11. The van der Waals surface area contributed by atoms with E-state index in [2.05, 4.69) is 16.8 Å². The van der Waals surface area contributed by atoms with Crippen molar-refractivity contribution in [2.24, 2.45) is 11.7 Å². The van der Waals surface area contributed by atoms with E-state index in [1.54, 1.807) is 0 Å². The Morgan fingerprint density at radius 3 is 2.62 bits per heavy atom. The first kappa shape index (κ1) is 16.7. The summed E-state index contributed by atoms with van der Waals surface area (Å²) in [7, 11) is 3.92. The second kappa shape index (κ2) is 5.85. The van der Waals surface area contributed by atoms with E-state index >= 15 is 0 Å². The molecule has 0 aliphatic heterocycles. The summed E-state index contributed by atoms with van der Waals surface area (Å²) in [5.41, 5.74) is 6.10. The number of likely N-dealkylation sites (N-methyl/N-ethyl adjacent to an activating group) is 1. The van der Waals surface area contributed by atoms with Gasteiger partial charge >= 0.3 is 6.18 Å². The van der Waals surface area contributed by atoms with Crippen LogP contribution in [0, 0.1) is 5.92 Å². The van der Waals surface area contributed by atoms with Crippen LogP contribution in [0.5, 0.6) is 0 Å². The lowest BCUT2D eigenvalue weighted by Crippen LogP contribution is -2.54. The molecule has 21 heavy (non-hydrogen) atoms. The van der Waals surface area contributed by atoms with Crippen molar-refractivity contribution in [2.45, 2.75) is 50.4 Å². The van der Waals surface area contributed by atoms with Crippen LogP contribution in [0.25, 0.3) is 0 Å². The van der Waals surface area contributed by atoms with Crippen LogP contribution in [-0.4, -0.2) is 29.5 Å². The smallest absolute Gasteiger partial charge is 0.322 e. The molecule has 3 nitrogen and oxygen atoms in total. The number of nitrogens with two attached hydrogens (primary N) is 1. The summed E-state index contributed by atoms with van der Waals surface area (Å²) in [5.74, 6) is 0.530. The molecule has 1 aliphatic rings. The van der Waals surface area contributed by atoms with Crippen molar-refractivity contribution >= 4 is 11.3 Å². The van der Waals surface area contributed by atoms with Crippen LogP contribution < -0.4 is 5.73 Å². The van der Waals surface area contributed by atoms with E-state index in [4.69, 9.17) is 5.73 Å². The molecule has 0 spiro atoms. The molecular weight excluding hydrogens is 299 g/mol. The number of hydrogen-bond donors (Lipinski definition) is 1. The van der Waals surface area contributed by atoms with Gasteiger partial charge in [0.05, 0.1) is 6.04 Å². The third-order valence-electron chi connectivity index (χ3n) is 4.55. The first-order valence-corrected chi connectivity index (χ1v) is 7.94. The minimum atomic E-state index is -4.40. The number of nitrogens with zero attached hydrogens (tertiary/aromatic N) is 2. The topological polar surface area (TPSA) is 42.1 Å². The van der Waals surface area contributed by atoms with Gasteiger partial charge in [0.15, 0.2) is 5.01 Å². The summed E-state index contributed by atoms with van der Waals surface area (Å²) in [5, 5.41) is -0.814. The molecule has 7 heteroatoms. The van der Waals surface area contributed by atoms with Crippen molar-refractivity contribution in [3.63, 3.8) is 0 Å². The molecule has 1 aliphatic carbocycles. The number of rotatable bonds is 3. The second-order valence-electron chi connectivity index (χ2n) is 6.24. The van der Waals surface area contributed by atoms with Gasteiger partial charge in [-0.25, -0.2) is 4.98 Å². The summed E-state index contributed by atoms with van der Waals surface area (Å²) >= 11 is 0.671. The Labute approximate surface area is 127 Å². The molecule has 3 atom stereocenters. The Kier molecular flexibility index (Phi) is 4.66. The number of aromatic nitrogens is 1. The molecule has 0 bridgehead atoms. The number of thiazole rings is 1. The largest absolute Gasteiger partial charge is 0.443 e. The van der Waals surface area contributed by atoms with Gasteiger partial charge in [-0.2, -0.15) is 13.2 Å². The maximum Gasteiger partial charge on any atom is 0.443 e. The highest BCUT2D eigenvalue weighted by atomic mass is 32.1. The van der Waals surface area contributed by atoms with Gasteiger partial charge in [0, 0.05) is 16.6 Å². The maximum atomic E-state index is 12.7. The van der Waals surface area contributed by atoms with Crippen molar-refractivity contribution in [2.75, 3.05) is 14.1 Å². The zero-order valence-electron chi connectivity index (χ0n) is 12.6. The summed E-state index contributed by atoms with van der Waals surface area (Å²) in [6.45, 7) is 2.18. The Hall–Kier alpha value is -0.660. The predicted octanol–water partition coefficient (Wildman–Crippen LogP) is 3.67. The summed E-state index contributed by atoms with van der Waals surface area (Å²) < 4.78 is 38.2. The number of alkyl halides is 3. The highest BCUT2D eigenvalue weighted by Crippen LogP contribution is 2.45. The molecular formula is C14H22F3N3S. The van der Waals surface area contributed by atoms with Crippen molar-refractivity contribution < 1.29 is 13.2 Å². The predicted molar refractivity (Wildman–Crippen MR) is 78.1 cm³/mol. The average molecular weight is 321 g/mol. The fraction of sp³-hybridized carbons (Fsp3) is 0.786. The van der Waals surface area contributed by atoms with Gasteiger partial charge in [-0.05, 0) is 32.9 Å². The van der Waals surface area contributed by atoms with E-state index in [0.29, 0.717) is 22.1 Å². The van der Waals surface area contributed by atoms with Crippen molar-refractivity contribution in [3.05, 3.63) is 16.1 Å². The van der Waals surface area contributed by atoms with Crippen molar-refractivity contribution in [3.8, 4) is 0 Å². The minimum Gasteiger partial charge on any atom is -0.322 e. The first-order valence-electron chi connectivity index (χ1n) is 7.13. The summed E-state index contributed by atoms with van der Waals surface area (Å²) in [6, 6.07) is -0.441. The average Bonchev–Trinajstić information content (AvgIpc) is 2.86. The van der Waals surface area contributed by atoms with E-state index in [1.807, 2.05) is 14.1 Å². The first-order chi connectivity index (χ1) is 9.67. The Morgan fingerprint density at radius 2 is 2.14 bits per heavy atom. The second-order valence-corrected chi connectivity index (χ2v) is 7.30. The Bertz CT molecular complexity index is 486. The third-order valence-corrected chi connectivity index (χ3v) is 5.68. The van der Waals surface area contributed by atoms with Gasteiger partial charge < -0.3 is 10.6 Å². The van der Waals surface area contributed by atoms with Crippen LogP contribution in [0.4, 0.5) is 13.2 Å². The van der Waals surface area contributed by atoms with E-state index in [1.165, 1.54) is 6.20 Å². The minimum absolute atomic E-state index is 0.285. The van der Waals surface area contributed by atoms with Crippen LogP contribution in [0.15, 0.2) is 6.20 Å². The Balaban J connectivity index is 2.31. The summed E-state index contributed by atoms with van der Waals surface area (Å²) in [4.78, 5) is 6.11. The SMILES string of the molecule is CC1CCCC(C(N)c2cnc(C(F)(F)F)s2)(N(C)C)C1. The molecule has 120 valence electrons. The molecule has 0 amide bonds. The molecule has 2 rings (SSSR count). The van der Waals surface area contributed by atoms with Gasteiger partial charge in [0.2, 0.25) is 0 Å². The normalized spacial score (nSPS) is 28.9. The quantitative estimate of drug-likeness (QED) is 0.923. The van der Waals surface area contributed by atoms with Gasteiger partial charge in [0.1, 0.15) is 0 Å². The molecule has 0 aromatic carbocycles. The van der Waals surface area contributed by atoms with Gasteiger partial charge in [-0.15, -0.1) is 11.3 Å². The lowest BCUT2D eigenvalue weighted by molar-refractivity contribution is -0.137. The third kappa shape index (κ3) is 3.24. The van der Waals surface area contributed by atoms with Crippen molar-refractivity contribution in [1.82, 2.24) is 9.88 Å². The van der Waals surface area contributed by atoms with Crippen LogP contribution in [0.2, 0.25) is 0 Å². The number of halogens is 3. The monoisotopic (exact) mass is 321 g/mol.